The van der Waals surface area contributed by atoms with Crippen molar-refractivity contribution in [1.82, 2.24) is 9.78 Å². The Kier molecular flexibility index (Phi) is 2.87. The van der Waals surface area contributed by atoms with Gasteiger partial charge < -0.3 is 0 Å². The SMILES string of the molecule is Cn1cc(CCC2(C#N)CCc3ccccc32)cn1. The number of nitrogens with zero attached hydrogens (tertiary/aromatic N) is 3. The molecule has 0 N–H and O–H groups in total. The van der Waals surface area contributed by atoms with Crippen molar-refractivity contribution in [3.05, 3.63) is 53.3 Å². The quantitative estimate of drug-likeness (QED) is 0.841. The van der Waals surface area contributed by atoms with E-state index in [0.717, 1.165) is 25.7 Å². The van der Waals surface area contributed by atoms with Crippen molar-refractivity contribution in [2.24, 2.45) is 7.05 Å². The van der Waals surface area contributed by atoms with E-state index in [1.54, 1.807) is 0 Å². The van der Waals surface area contributed by atoms with E-state index in [1.165, 1.54) is 16.7 Å². The third-order valence-electron chi connectivity index (χ3n) is 4.17. The van der Waals surface area contributed by atoms with Crippen LogP contribution >= 0.6 is 0 Å². The fraction of sp³-hybridized carbons (Fsp3) is 0.375. The monoisotopic (exact) mass is 251 g/mol. The summed E-state index contributed by atoms with van der Waals surface area (Å²) in [7, 11) is 1.93. The summed E-state index contributed by atoms with van der Waals surface area (Å²) in [4.78, 5) is 0. The smallest absolute Gasteiger partial charge is 0.0831 e. The maximum absolute atomic E-state index is 9.68. The molecule has 0 aliphatic heterocycles. The van der Waals surface area contributed by atoms with Gasteiger partial charge in [0.2, 0.25) is 0 Å². The van der Waals surface area contributed by atoms with Gasteiger partial charge in [-0.15, -0.1) is 0 Å². The lowest BCUT2D eigenvalue weighted by molar-refractivity contribution is 0.499. The summed E-state index contributed by atoms with van der Waals surface area (Å²) in [5.74, 6) is 0. The highest BCUT2D eigenvalue weighted by Crippen LogP contribution is 2.41. The van der Waals surface area contributed by atoms with Gasteiger partial charge in [-0.1, -0.05) is 24.3 Å². The van der Waals surface area contributed by atoms with Crippen molar-refractivity contribution in [2.45, 2.75) is 31.1 Å². The van der Waals surface area contributed by atoms with Gasteiger partial charge in [-0.3, -0.25) is 4.68 Å². The predicted molar refractivity (Wildman–Crippen MR) is 73.6 cm³/mol. The number of rotatable bonds is 3. The maximum Gasteiger partial charge on any atom is 0.0831 e. The van der Waals surface area contributed by atoms with Crippen LogP contribution < -0.4 is 0 Å². The van der Waals surface area contributed by atoms with E-state index >= 15 is 0 Å². The molecule has 0 fully saturated rings. The first-order chi connectivity index (χ1) is 9.23. The zero-order valence-corrected chi connectivity index (χ0v) is 11.1. The second kappa shape index (κ2) is 4.55. The summed E-state index contributed by atoms with van der Waals surface area (Å²) < 4.78 is 1.82. The Balaban J connectivity index is 1.84. The van der Waals surface area contributed by atoms with Crippen LogP contribution in [0.4, 0.5) is 0 Å². The molecule has 0 bridgehead atoms. The van der Waals surface area contributed by atoms with Crippen LogP contribution in [0.1, 0.15) is 29.5 Å². The van der Waals surface area contributed by atoms with Crippen molar-refractivity contribution in [2.75, 3.05) is 0 Å². The van der Waals surface area contributed by atoms with Gasteiger partial charge >= 0.3 is 0 Å². The molecule has 1 unspecified atom stereocenters. The third-order valence-corrected chi connectivity index (χ3v) is 4.17. The van der Waals surface area contributed by atoms with Crippen LogP contribution in [0.3, 0.4) is 0 Å². The van der Waals surface area contributed by atoms with Crippen molar-refractivity contribution in [3.63, 3.8) is 0 Å². The summed E-state index contributed by atoms with van der Waals surface area (Å²) in [5.41, 5.74) is 3.49. The lowest BCUT2D eigenvalue weighted by Crippen LogP contribution is -2.21. The highest BCUT2D eigenvalue weighted by atomic mass is 15.2. The number of aryl methyl sites for hydroxylation is 3. The lowest BCUT2D eigenvalue weighted by Gasteiger charge is -2.21. The number of benzene rings is 1. The van der Waals surface area contributed by atoms with E-state index in [1.807, 2.05) is 30.2 Å². The number of aromatic nitrogens is 2. The molecule has 96 valence electrons. The van der Waals surface area contributed by atoms with Gasteiger partial charge in [0.15, 0.2) is 0 Å². The molecule has 1 aromatic carbocycles. The molecule has 1 heterocycles. The lowest BCUT2D eigenvalue weighted by atomic mass is 9.78. The van der Waals surface area contributed by atoms with E-state index in [-0.39, 0.29) is 5.41 Å². The maximum atomic E-state index is 9.68. The van der Waals surface area contributed by atoms with Crippen molar-refractivity contribution < 1.29 is 0 Å². The molecule has 0 saturated heterocycles. The fourth-order valence-corrected chi connectivity index (χ4v) is 3.08. The molecule has 0 spiro atoms. The van der Waals surface area contributed by atoms with Crippen LogP contribution in [-0.2, 0) is 25.3 Å². The minimum atomic E-state index is -0.299. The van der Waals surface area contributed by atoms with Crippen LogP contribution in [0.25, 0.3) is 0 Å². The Morgan fingerprint density at radius 1 is 1.42 bits per heavy atom. The summed E-state index contributed by atoms with van der Waals surface area (Å²) in [6.07, 6.45) is 7.69. The Labute approximate surface area is 113 Å². The van der Waals surface area contributed by atoms with E-state index < -0.39 is 0 Å². The van der Waals surface area contributed by atoms with Crippen LogP contribution in [0, 0.1) is 11.3 Å². The van der Waals surface area contributed by atoms with Crippen molar-refractivity contribution >= 4 is 0 Å². The molecule has 3 heteroatoms. The van der Waals surface area contributed by atoms with Gasteiger partial charge in [0.25, 0.3) is 0 Å². The highest BCUT2D eigenvalue weighted by molar-refractivity contribution is 5.44. The third kappa shape index (κ3) is 2.04. The Hall–Kier alpha value is -2.08. The number of nitriles is 1. The second-order valence-electron chi connectivity index (χ2n) is 5.37. The Bertz CT molecular complexity index is 635. The molecular formula is C16H17N3. The van der Waals surface area contributed by atoms with Gasteiger partial charge in [0.1, 0.15) is 0 Å². The molecule has 3 rings (SSSR count). The molecule has 1 aliphatic carbocycles. The van der Waals surface area contributed by atoms with E-state index in [4.69, 9.17) is 0 Å². The standard InChI is InChI=1S/C16H17N3/c1-19-11-13(10-18-19)6-8-16(12-17)9-7-14-4-2-3-5-15(14)16/h2-5,10-11H,6-9H2,1H3. The van der Waals surface area contributed by atoms with Gasteiger partial charge in [-0.25, -0.2) is 0 Å². The molecule has 3 nitrogen and oxygen atoms in total. The number of fused-ring (bicyclic) bond motifs is 1. The van der Waals surface area contributed by atoms with Crippen molar-refractivity contribution in [1.29, 1.82) is 5.26 Å². The average Bonchev–Trinajstić information content (AvgIpc) is 3.01. The minimum absolute atomic E-state index is 0.299. The highest BCUT2D eigenvalue weighted by Gasteiger charge is 2.38. The van der Waals surface area contributed by atoms with Crippen LogP contribution in [-0.4, -0.2) is 9.78 Å². The molecule has 19 heavy (non-hydrogen) atoms. The molecule has 0 radical (unpaired) electrons. The van der Waals surface area contributed by atoms with Crippen LogP contribution in [0.2, 0.25) is 0 Å². The fourth-order valence-electron chi connectivity index (χ4n) is 3.08. The van der Waals surface area contributed by atoms with Gasteiger partial charge in [0, 0.05) is 13.2 Å². The largest absolute Gasteiger partial charge is 0.276 e. The summed E-state index contributed by atoms with van der Waals surface area (Å²) in [6, 6.07) is 11.0. The predicted octanol–water partition coefficient (Wildman–Crippen LogP) is 2.76. The number of hydrogen-bond acceptors (Lipinski definition) is 2. The van der Waals surface area contributed by atoms with E-state index in [9.17, 15) is 5.26 Å². The topological polar surface area (TPSA) is 41.6 Å². The zero-order valence-electron chi connectivity index (χ0n) is 11.1. The summed E-state index contributed by atoms with van der Waals surface area (Å²) in [6.45, 7) is 0. The molecule has 1 aromatic heterocycles. The first kappa shape index (κ1) is 12.0. The molecule has 1 atom stereocenters. The zero-order chi connectivity index (χ0) is 13.3. The van der Waals surface area contributed by atoms with Crippen LogP contribution in [0.15, 0.2) is 36.7 Å². The van der Waals surface area contributed by atoms with Gasteiger partial charge in [-0.05, 0) is 42.4 Å². The molecule has 0 amide bonds. The first-order valence-electron chi connectivity index (χ1n) is 6.71. The Morgan fingerprint density at radius 2 is 2.26 bits per heavy atom. The molecule has 0 saturated carbocycles. The number of hydrogen-bond donors (Lipinski definition) is 0. The summed E-state index contributed by atoms with van der Waals surface area (Å²) >= 11 is 0. The van der Waals surface area contributed by atoms with Gasteiger partial charge in [-0.2, -0.15) is 10.4 Å². The molecule has 1 aliphatic rings. The second-order valence-corrected chi connectivity index (χ2v) is 5.37. The van der Waals surface area contributed by atoms with Gasteiger partial charge in [0.05, 0.1) is 17.7 Å². The first-order valence-corrected chi connectivity index (χ1v) is 6.71. The summed E-state index contributed by atoms with van der Waals surface area (Å²) in [5, 5.41) is 13.9. The van der Waals surface area contributed by atoms with Crippen LogP contribution in [0.5, 0.6) is 0 Å². The van der Waals surface area contributed by atoms with E-state index in [0.29, 0.717) is 0 Å². The molecule has 2 aromatic rings. The van der Waals surface area contributed by atoms with Crippen molar-refractivity contribution in [3.8, 4) is 6.07 Å². The normalized spacial score (nSPS) is 21.1. The average molecular weight is 251 g/mol. The Morgan fingerprint density at radius 3 is 3.00 bits per heavy atom. The minimum Gasteiger partial charge on any atom is -0.276 e. The van der Waals surface area contributed by atoms with E-state index in [2.05, 4.69) is 29.4 Å². The molecular weight excluding hydrogens is 234 g/mol.